The summed E-state index contributed by atoms with van der Waals surface area (Å²) in [4.78, 5) is 5.85. The first kappa shape index (κ1) is 11.3. The number of rotatable bonds is 3. The van der Waals surface area contributed by atoms with Gasteiger partial charge >= 0.3 is 0 Å². The van der Waals surface area contributed by atoms with E-state index in [2.05, 4.69) is 36.2 Å². The van der Waals surface area contributed by atoms with E-state index < -0.39 is 0 Å². The molecule has 1 aromatic carbocycles. The van der Waals surface area contributed by atoms with E-state index in [0.29, 0.717) is 6.54 Å². The molecule has 0 aliphatic heterocycles. The van der Waals surface area contributed by atoms with Gasteiger partial charge in [-0.05, 0) is 38.4 Å². The topological polar surface area (TPSA) is 38.9 Å². The Hall–Kier alpha value is -1.19. The van der Waals surface area contributed by atoms with Gasteiger partial charge in [0, 0.05) is 10.4 Å². The fraction of sp³-hybridized carbons (Fsp3) is 0.308. The van der Waals surface area contributed by atoms with Crippen LogP contribution in [-0.2, 0) is 6.42 Å². The van der Waals surface area contributed by atoms with E-state index in [0.717, 1.165) is 17.1 Å². The normalized spacial score (nSPS) is 10.7. The van der Waals surface area contributed by atoms with Crippen molar-refractivity contribution in [2.75, 3.05) is 6.54 Å². The van der Waals surface area contributed by atoms with Crippen molar-refractivity contribution in [2.45, 2.75) is 20.3 Å². The first-order valence-corrected chi connectivity index (χ1v) is 6.26. The molecule has 0 radical (unpaired) electrons. The van der Waals surface area contributed by atoms with Crippen molar-refractivity contribution in [1.82, 2.24) is 4.98 Å². The van der Waals surface area contributed by atoms with Crippen LogP contribution in [0.1, 0.15) is 15.4 Å². The predicted molar refractivity (Wildman–Crippen MR) is 69.8 cm³/mol. The predicted octanol–water partition coefficient (Wildman–Crippen LogP) is 2.93. The minimum absolute atomic E-state index is 0.693. The van der Waals surface area contributed by atoms with Gasteiger partial charge in [0.2, 0.25) is 0 Å². The van der Waals surface area contributed by atoms with Crippen LogP contribution in [0.4, 0.5) is 0 Å². The summed E-state index contributed by atoms with van der Waals surface area (Å²) < 4.78 is 0. The standard InChI is InChI=1S/C13H16N2S/c1-9-13(15-10(2)16-9)12-5-3-4-11(8-12)6-7-14/h3-5,8H,6-7,14H2,1-2H3. The molecule has 1 heterocycles. The Labute approximate surface area is 100 Å². The minimum atomic E-state index is 0.693. The van der Waals surface area contributed by atoms with E-state index >= 15 is 0 Å². The smallest absolute Gasteiger partial charge is 0.0904 e. The maximum atomic E-state index is 5.57. The third-order valence-electron chi connectivity index (χ3n) is 2.54. The van der Waals surface area contributed by atoms with Gasteiger partial charge in [0.1, 0.15) is 0 Å². The van der Waals surface area contributed by atoms with Crippen LogP contribution in [0.2, 0.25) is 0 Å². The molecule has 2 nitrogen and oxygen atoms in total. The van der Waals surface area contributed by atoms with Crippen LogP contribution >= 0.6 is 11.3 Å². The zero-order valence-corrected chi connectivity index (χ0v) is 10.5. The lowest BCUT2D eigenvalue weighted by atomic mass is 10.1. The Bertz CT molecular complexity index is 488. The van der Waals surface area contributed by atoms with Crippen LogP contribution in [0.3, 0.4) is 0 Å². The molecule has 0 saturated heterocycles. The molecule has 0 amide bonds. The average molecular weight is 232 g/mol. The lowest BCUT2D eigenvalue weighted by Crippen LogP contribution is -2.02. The fourth-order valence-corrected chi connectivity index (χ4v) is 2.68. The van der Waals surface area contributed by atoms with Crippen molar-refractivity contribution in [3.63, 3.8) is 0 Å². The maximum absolute atomic E-state index is 5.57. The molecular weight excluding hydrogens is 216 g/mol. The molecule has 3 heteroatoms. The maximum Gasteiger partial charge on any atom is 0.0904 e. The third kappa shape index (κ3) is 2.31. The SMILES string of the molecule is Cc1nc(-c2cccc(CCN)c2)c(C)s1. The van der Waals surface area contributed by atoms with Crippen LogP contribution in [0.25, 0.3) is 11.3 Å². The first-order chi connectivity index (χ1) is 7.70. The molecule has 2 aromatic rings. The van der Waals surface area contributed by atoms with Crippen LogP contribution in [0.15, 0.2) is 24.3 Å². The molecule has 16 heavy (non-hydrogen) atoms. The van der Waals surface area contributed by atoms with Gasteiger partial charge in [-0.2, -0.15) is 0 Å². The monoisotopic (exact) mass is 232 g/mol. The minimum Gasteiger partial charge on any atom is -0.330 e. The Morgan fingerprint density at radius 2 is 2.12 bits per heavy atom. The Morgan fingerprint density at radius 3 is 2.75 bits per heavy atom. The highest BCUT2D eigenvalue weighted by molar-refractivity contribution is 7.11. The zero-order chi connectivity index (χ0) is 11.5. The van der Waals surface area contributed by atoms with Gasteiger partial charge in [0.25, 0.3) is 0 Å². The number of benzene rings is 1. The Kier molecular flexibility index (Phi) is 3.36. The van der Waals surface area contributed by atoms with Crippen LogP contribution in [-0.4, -0.2) is 11.5 Å². The van der Waals surface area contributed by atoms with Gasteiger partial charge in [-0.25, -0.2) is 4.98 Å². The molecule has 2 rings (SSSR count). The van der Waals surface area contributed by atoms with Crippen molar-refractivity contribution in [3.05, 3.63) is 39.7 Å². The number of hydrogen-bond donors (Lipinski definition) is 1. The Balaban J connectivity index is 2.40. The molecule has 0 bridgehead atoms. The quantitative estimate of drug-likeness (QED) is 0.883. The first-order valence-electron chi connectivity index (χ1n) is 5.44. The summed E-state index contributed by atoms with van der Waals surface area (Å²) >= 11 is 1.75. The molecule has 0 aliphatic rings. The highest BCUT2D eigenvalue weighted by Crippen LogP contribution is 2.27. The lowest BCUT2D eigenvalue weighted by Gasteiger charge is -2.02. The van der Waals surface area contributed by atoms with E-state index in [9.17, 15) is 0 Å². The van der Waals surface area contributed by atoms with Crippen LogP contribution < -0.4 is 5.73 Å². The molecular formula is C13H16N2S. The summed E-state index contributed by atoms with van der Waals surface area (Å²) in [5.41, 5.74) is 9.17. The molecule has 0 fully saturated rings. The van der Waals surface area contributed by atoms with E-state index in [1.165, 1.54) is 16.0 Å². The second-order valence-corrected chi connectivity index (χ2v) is 5.28. The molecule has 0 atom stereocenters. The van der Waals surface area contributed by atoms with E-state index in [1.807, 2.05) is 6.92 Å². The lowest BCUT2D eigenvalue weighted by molar-refractivity contribution is 0.969. The van der Waals surface area contributed by atoms with Crippen molar-refractivity contribution in [1.29, 1.82) is 0 Å². The number of aryl methyl sites for hydroxylation is 2. The van der Waals surface area contributed by atoms with Crippen LogP contribution in [0, 0.1) is 13.8 Å². The second-order valence-electron chi connectivity index (χ2n) is 3.88. The van der Waals surface area contributed by atoms with Crippen molar-refractivity contribution in [2.24, 2.45) is 5.73 Å². The van der Waals surface area contributed by atoms with Gasteiger partial charge < -0.3 is 5.73 Å². The van der Waals surface area contributed by atoms with Gasteiger partial charge in [-0.15, -0.1) is 11.3 Å². The number of nitrogens with two attached hydrogens (primary N) is 1. The molecule has 84 valence electrons. The summed E-state index contributed by atoms with van der Waals surface area (Å²) in [5, 5.41) is 1.12. The van der Waals surface area contributed by atoms with Crippen molar-refractivity contribution >= 4 is 11.3 Å². The summed E-state index contributed by atoms with van der Waals surface area (Å²) in [5.74, 6) is 0. The summed E-state index contributed by atoms with van der Waals surface area (Å²) in [6, 6.07) is 8.50. The third-order valence-corrected chi connectivity index (χ3v) is 3.42. The highest BCUT2D eigenvalue weighted by Gasteiger charge is 2.07. The van der Waals surface area contributed by atoms with Gasteiger partial charge in [0.15, 0.2) is 0 Å². The molecule has 0 spiro atoms. The summed E-state index contributed by atoms with van der Waals surface area (Å²) in [6.45, 7) is 4.86. The number of aromatic nitrogens is 1. The van der Waals surface area contributed by atoms with E-state index in [-0.39, 0.29) is 0 Å². The van der Waals surface area contributed by atoms with Crippen molar-refractivity contribution < 1.29 is 0 Å². The molecule has 1 aromatic heterocycles. The van der Waals surface area contributed by atoms with E-state index in [1.54, 1.807) is 11.3 Å². The molecule has 2 N–H and O–H groups in total. The van der Waals surface area contributed by atoms with Gasteiger partial charge in [0.05, 0.1) is 10.7 Å². The second kappa shape index (κ2) is 4.76. The van der Waals surface area contributed by atoms with Gasteiger partial charge in [-0.3, -0.25) is 0 Å². The molecule has 0 saturated carbocycles. The van der Waals surface area contributed by atoms with Gasteiger partial charge in [-0.1, -0.05) is 18.2 Å². The number of nitrogens with zero attached hydrogens (tertiary/aromatic N) is 1. The van der Waals surface area contributed by atoms with Crippen molar-refractivity contribution in [3.8, 4) is 11.3 Å². The van der Waals surface area contributed by atoms with Crippen LogP contribution in [0.5, 0.6) is 0 Å². The Morgan fingerprint density at radius 1 is 1.31 bits per heavy atom. The summed E-state index contributed by atoms with van der Waals surface area (Å²) in [7, 11) is 0. The summed E-state index contributed by atoms with van der Waals surface area (Å²) in [6.07, 6.45) is 0.927. The highest BCUT2D eigenvalue weighted by atomic mass is 32.1. The largest absolute Gasteiger partial charge is 0.330 e. The fourth-order valence-electron chi connectivity index (χ4n) is 1.84. The number of hydrogen-bond acceptors (Lipinski definition) is 3. The molecule has 0 aliphatic carbocycles. The zero-order valence-electron chi connectivity index (χ0n) is 9.66. The van der Waals surface area contributed by atoms with E-state index in [4.69, 9.17) is 5.73 Å². The molecule has 0 unspecified atom stereocenters. The number of thiazole rings is 1. The average Bonchev–Trinajstić information content (AvgIpc) is 2.59.